The van der Waals surface area contributed by atoms with E-state index in [4.69, 9.17) is 11.6 Å². The normalized spacial score (nSPS) is 14.7. The molecule has 1 spiro atoms. The summed E-state index contributed by atoms with van der Waals surface area (Å²) in [5.74, 6) is 0. The van der Waals surface area contributed by atoms with Gasteiger partial charge in [-0.1, -0.05) is 103 Å². The molecule has 0 radical (unpaired) electrons. The van der Waals surface area contributed by atoms with Crippen LogP contribution in [0.4, 0.5) is 0 Å². The second-order valence-corrected chi connectivity index (χ2v) is 9.42. The highest BCUT2D eigenvalue weighted by Crippen LogP contribution is 2.62. The van der Waals surface area contributed by atoms with E-state index >= 15 is 0 Å². The third kappa shape index (κ3) is 1.72. The van der Waals surface area contributed by atoms with Gasteiger partial charge in [0, 0.05) is 5.02 Å². The van der Waals surface area contributed by atoms with E-state index in [9.17, 15) is 0 Å². The molecule has 0 saturated heterocycles. The van der Waals surface area contributed by atoms with Crippen LogP contribution in [0.3, 0.4) is 0 Å². The first kappa shape index (κ1) is 17.0. The first-order chi connectivity index (χ1) is 15.8. The van der Waals surface area contributed by atoms with E-state index in [1.165, 1.54) is 65.7 Å². The Morgan fingerprint density at radius 1 is 0.438 bits per heavy atom. The van der Waals surface area contributed by atoms with Gasteiger partial charge in [0.05, 0.1) is 5.41 Å². The largest absolute Gasteiger partial charge is 0.0843 e. The zero-order chi connectivity index (χ0) is 21.0. The van der Waals surface area contributed by atoms with Crippen molar-refractivity contribution >= 4 is 43.9 Å². The van der Waals surface area contributed by atoms with Crippen molar-refractivity contribution < 1.29 is 0 Å². The molecule has 6 aromatic rings. The van der Waals surface area contributed by atoms with Gasteiger partial charge in [0.15, 0.2) is 0 Å². The Balaban J connectivity index is 1.70. The summed E-state index contributed by atoms with van der Waals surface area (Å²) in [5.41, 5.74) is 7.97. The Morgan fingerprint density at radius 3 is 1.59 bits per heavy atom. The minimum absolute atomic E-state index is 0.282. The van der Waals surface area contributed by atoms with E-state index in [1.54, 1.807) is 0 Å². The fraction of sp³-hybridized carbons (Fsp3) is 0.0323. The number of benzene rings is 6. The molecule has 8 rings (SSSR count). The molecule has 0 nitrogen and oxygen atoms in total. The molecule has 1 heteroatoms. The minimum atomic E-state index is -0.282. The quantitative estimate of drug-likeness (QED) is 0.214. The van der Waals surface area contributed by atoms with Gasteiger partial charge in [0.1, 0.15) is 0 Å². The van der Waals surface area contributed by atoms with Crippen LogP contribution < -0.4 is 0 Å². The van der Waals surface area contributed by atoms with Crippen molar-refractivity contribution in [1.29, 1.82) is 0 Å². The van der Waals surface area contributed by atoms with Crippen LogP contribution in [-0.2, 0) is 5.41 Å². The average Bonchev–Trinajstić information content (AvgIpc) is 3.31. The molecule has 2 aliphatic rings. The summed E-state index contributed by atoms with van der Waals surface area (Å²) in [7, 11) is 0. The smallest absolute Gasteiger partial charge is 0.0725 e. The molecular formula is C31H17Cl. The van der Waals surface area contributed by atoms with Crippen LogP contribution in [0.15, 0.2) is 103 Å². The Kier molecular flexibility index (Phi) is 2.97. The topological polar surface area (TPSA) is 0 Å². The van der Waals surface area contributed by atoms with E-state index in [0.29, 0.717) is 0 Å². The zero-order valence-electron chi connectivity index (χ0n) is 17.2. The first-order valence-corrected chi connectivity index (χ1v) is 11.4. The van der Waals surface area contributed by atoms with E-state index < -0.39 is 0 Å². The number of hydrogen-bond acceptors (Lipinski definition) is 0. The fourth-order valence-corrected chi connectivity index (χ4v) is 6.82. The highest BCUT2D eigenvalue weighted by atomic mass is 35.5. The maximum absolute atomic E-state index is 6.48. The molecule has 2 aliphatic carbocycles. The van der Waals surface area contributed by atoms with Crippen LogP contribution in [-0.4, -0.2) is 0 Å². The molecule has 0 aromatic heterocycles. The van der Waals surface area contributed by atoms with Gasteiger partial charge in [-0.3, -0.25) is 0 Å². The predicted molar refractivity (Wildman–Crippen MR) is 135 cm³/mol. The Bertz CT molecular complexity index is 1750. The van der Waals surface area contributed by atoms with E-state index in [2.05, 4.69) is 97.1 Å². The molecule has 0 fully saturated rings. The van der Waals surface area contributed by atoms with Gasteiger partial charge >= 0.3 is 0 Å². The lowest BCUT2D eigenvalue weighted by Gasteiger charge is -2.30. The Hall–Kier alpha value is -3.61. The van der Waals surface area contributed by atoms with Crippen LogP contribution >= 0.6 is 11.6 Å². The summed E-state index contributed by atoms with van der Waals surface area (Å²) in [4.78, 5) is 0. The fourth-order valence-electron chi connectivity index (χ4n) is 6.65. The molecule has 0 unspecified atom stereocenters. The highest BCUT2D eigenvalue weighted by molar-refractivity contribution is 6.34. The van der Waals surface area contributed by atoms with Crippen molar-refractivity contribution in [3.05, 3.63) is 130 Å². The van der Waals surface area contributed by atoms with Crippen LogP contribution in [0.5, 0.6) is 0 Å². The molecule has 0 saturated carbocycles. The third-order valence-corrected chi connectivity index (χ3v) is 7.94. The molecule has 0 bridgehead atoms. The minimum Gasteiger partial charge on any atom is -0.0843 e. The zero-order valence-corrected chi connectivity index (χ0v) is 17.9. The van der Waals surface area contributed by atoms with Gasteiger partial charge in [-0.05, 0) is 77.8 Å². The van der Waals surface area contributed by atoms with Crippen LogP contribution in [0.1, 0.15) is 22.3 Å². The van der Waals surface area contributed by atoms with Gasteiger partial charge in [0.2, 0.25) is 0 Å². The Morgan fingerprint density at radius 2 is 0.969 bits per heavy atom. The van der Waals surface area contributed by atoms with Gasteiger partial charge in [-0.25, -0.2) is 0 Å². The molecule has 32 heavy (non-hydrogen) atoms. The molecule has 0 N–H and O–H groups in total. The average molecular weight is 425 g/mol. The first-order valence-electron chi connectivity index (χ1n) is 11.1. The van der Waals surface area contributed by atoms with Gasteiger partial charge in [-0.15, -0.1) is 0 Å². The second kappa shape index (κ2) is 5.59. The lowest BCUT2D eigenvalue weighted by molar-refractivity contribution is 0.797. The number of hydrogen-bond donors (Lipinski definition) is 0. The van der Waals surface area contributed by atoms with Crippen molar-refractivity contribution in [2.75, 3.05) is 0 Å². The van der Waals surface area contributed by atoms with Crippen LogP contribution in [0.2, 0.25) is 5.02 Å². The third-order valence-electron chi connectivity index (χ3n) is 7.70. The monoisotopic (exact) mass is 424 g/mol. The Labute approximate surface area is 190 Å². The summed E-state index contributed by atoms with van der Waals surface area (Å²) in [6, 6.07) is 37.9. The van der Waals surface area contributed by atoms with Crippen LogP contribution in [0, 0.1) is 0 Å². The highest BCUT2D eigenvalue weighted by Gasteiger charge is 2.50. The second-order valence-electron chi connectivity index (χ2n) is 8.99. The van der Waals surface area contributed by atoms with Crippen molar-refractivity contribution in [3.8, 4) is 11.1 Å². The van der Waals surface area contributed by atoms with E-state index in [1.807, 2.05) is 6.07 Å². The summed E-state index contributed by atoms with van der Waals surface area (Å²) in [5, 5.41) is 8.65. The number of rotatable bonds is 0. The summed E-state index contributed by atoms with van der Waals surface area (Å²) >= 11 is 6.48. The molecular weight excluding hydrogens is 408 g/mol. The number of halogens is 1. The molecule has 6 aromatic carbocycles. The molecule has 0 amide bonds. The summed E-state index contributed by atoms with van der Waals surface area (Å²) < 4.78 is 0. The molecule has 0 atom stereocenters. The molecule has 0 heterocycles. The summed E-state index contributed by atoms with van der Waals surface area (Å²) in [6.07, 6.45) is 0. The van der Waals surface area contributed by atoms with Crippen molar-refractivity contribution in [1.82, 2.24) is 0 Å². The number of fused-ring (bicyclic) bond motifs is 10. The SMILES string of the molecule is Clc1ccc2c(c1)c1cccc3c1c1c(cccc21)C31c2ccccc2-c2ccccc21. The molecule has 148 valence electrons. The lowest BCUT2D eigenvalue weighted by atomic mass is 9.70. The van der Waals surface area contributed by atoms with Gasteiger partial charge in [0.25, 0.3) is 0 Å². The molecule has 0 aliphatic heterocycles. The summed E-state index contributed by atoms with van der Waals surface area (Å²) in [6.45, 7) is 0. The maximum atomic E-state index is 6.48. The van der Waals surface area contributed by atoms with Crippen molar-refractivity contribution in [2.45, 2.75) is 5.41 Å². The van der Waals surface area contributed by atoms with Gasteiger partial charge < -0.3 is 0 Å². The van der Waals surface area contributed by atoms with Crippen molar-refractivity contribution in [3.63, 3.8) is 0 Å². The van der Waals surface area contributed by atoms with E-state index in [0.717, 1.165) is 5.02 Å². The lowest BCUT2D eigenvalue weighted by Crippen LogP contribution is -2.25. The van der Waals surface area contributed by atoms with Crippen molar-refractivity contribution in [2.24, 2.45) is 0 Å². The standard InChI is InChI=1S/C31H17Cl/c32-18-15-16-19-22-9-5-13-27-29(22)30-23(24(19)17-18)10-6-14-28(30)31(27)25-11-3-1-7-20(25)21-8-2-4-12-26(21)31/h1-17H. The van der Waals surface area contributed by atoms with E-state index in [-0.39, 0.29) is 5.41 Å². The van der Waals surface area contributed by atoms with Gasteiger partial charge in [-0.2, -0.15) is 0 Å². The van der Waals surface area contributed by atoms with Crippen LogP contribution in [0.25, 0.3) is 43.4 Å². The predicted octanol–water partition coefficient (Wildman–Crippen LogP) is 8.48. The maximum Gasteiger partial charge on any atom is 0.0725 e.